The van der Waals surface area contributed by atoms with Crippen LogP contribution in [-0.2, 0) is 7.05 Å². The summed E-state index contributed by atoms with van der Waals surface area (Å²) in [7, 11) is 1.62. The smallest absolute Gasteiger partial charge is 0.257 e. The summed E-state index contributed by atoms with van der Waals surface area (Å²) in [4.78, 5) is 27.6. The van der Waals surface area contributed by atoms with Crippen LogP contribution in [-0.4, -0.2) is 15.5 Å². The summed E-state index contributed by atoms with van der Waals surface area (Å²) in [6, 6.07) is 2.69. The van der Waals surface area contributed by atoms with Crippen molar-refractivity contribution in [1.82, 2.24) is 9.55 Å². The van der Waals surface area contributed by atoms with Gasteiger partial charge in [-0.25, -0.2) is 4.98 Å². The summed E-state index contributed by atoms with van der Waals surface area (Å²) in [5.74, 6) is -0.358. The van der Waals surface area contributed by atoms with E-state index in [0.717, 1.165) is 5.69 Å². The number of amides is 1. The van der Waals surface area contributed by atoms with Gasteiger partial charge in [-0.2, -0.15) is 0 Å². The van der Waals surface area contributed by atoms with E-state index in [4.69, 9.17) is 5.73 Å². The van der Waals surface area contributed by atoms with Gasteiger partial charge < -0.3 is 10.3 Å². The second-order valence-corrected chi connectivity index (χ2v) is 5.04. The van der Waals surface area contributed by atoms with Gasteiger partial charge >= 0.3 is 0 Å². The molecule has 1 unspecified atom stereocenters. The van der Waals surface area contributed by atoms with Gasteiger partial charge in [-0.05, 0) is 13.0 Å². The van der Waals surface area contributed by atoms with Crippen LogP contribution in [0.5, 0.6) is 0 Å². The Kier molecular flexibility index (Phi) is 3.77. The summed E-state index contributed by atoms with van der Waals surface area (Å²) in [5.41, 5.74) is 6.49. The molecular formula is C12H14N4O2S. The molecule has 0 aliphatic rings. The molecule has 3 N–H and O–H groups in total. The molecule has 1 atom stereocenters. The van der Waals surface area contributed by atoms with Crippen molar-refractivity contribution in [1.29, 1.82) is 0 Å². The molecule has 0 aromatic carbocycles. The standard InChI is InChI=1S/C12H14N4O2S/c1-7(13)9-6-19-12(14-9)15-11(18)8-3-4-16(2)10(17)5-8/h3-7H,13H2,1-2H3,(H,14,15,18). The largest absolute Gasteiger partial charge is 0.323 e. The monoisotopic (exact) mass is 278 g/mol. The molecule has 0 aliphatic heterocycles. The first-order valence-corrected chi connectivity index (χ1v) is 6.54. The van der Waals surface area contributed by atoms with Crippen molar-refractivity contribution in [3.05, 3.63) is 45.3 Å². The van der Waals surface area contributed by atoms with Crippen molar-refractivity contribution >= 4 is 22.4 Å². The highest BCUT2D eigenvalue weighted by atomic mass is 32.1. The van der Waals surface area contributed by atoms with Gasteiger partial charge in [-0.15, -0.1) is 11.3 Å². The van der Waals surface area contributed by atoms with E-state index in [0.29, 0.717) is 10.7 Å². The number of carbonyl (C=O) groups is 1. The fraction of sp³-hybridized carbons (Fsp3) is 0.250. The molecule has 0 saturated heterocycles. The summed E-state index contributed by atoms with van der Waals surface area (Å²) in [5, 5.41) is 4.91. The van der Waals surface area contributed by atoms with E-state index < -0.39 is 0 Å². The number of nitrogens with two attached hydrogens (primary N) is 1. The molecule has 0 spiro atoms. The van der Waals surface area contributed by atoms with Crippen molar-refractivity contribution in [2.24, 2.45) is 12.8 Å². The molecule has 100 valence electrons. The van der Waals surface area contributed by atoms with E-state index in [1.54, 1.807) is 24.7 Å². The number of carbonyl (C=O) groups excluding carboxylic acids is 1. The van der Waals surface area contributed by atoms with Gasteiger partial charge in [0, 0.05) is 36.3 Å². The minimum absolute atomic E-state index is 0.175. The highest BCUT2D eigenvalue weighted by Gasteiger charge is 2.11. The maximum atomic E-state index is 11.9. The van der Waals surface area contributed by atoms with Gasteiger partial charge in [0.15, 0.2) is 5.13 Å². The van der Waals surface area contributed by atoms with Crippen LogP contribution in [0.1, 0.15) is 29.0 Å². The van der Waals surface area contributed by atoms with Gasteiger partial charge in [0.2, 0.25) is 0 Å². The van der Waals surface area contributed by atoms with Crippen LogP contribution in [0.2, 0.25) is 0 Å². The van der Waals surface area contributed by atoms with Gasteiger partial charge in [0.05, 0.1) is 5.69 Å². The molecule has 2 rings (SSSR count). The fourth-order valence-corrected chi connectivity index (χ4v) is 2.22. The molecule has 6 nitrogen and oxygen atoms in total. The summed E-state index contributed by atoms with van der Waals surface area (Å²) in [6.07, 6.45) is 1.55. The second kappa shape index (κ2) is 5.33. The Morgan fingerprint density at radius 1 is 1.58 bits per heavy atom. The first-order valence-electron chi connectivity index (χ1n) is 5.66. The Hall–Kier alpha value is -1.99. The van der Waals surface area contributed by atoms with E-state index in [9.17, 15) is 9.59 Å². The molecule has 0 radical (unpaired) electrons. The number of nitrogens with zero attached hydrogens (tertiary/aromatic N) is 2. The van der Waals surface area contributed by atoms with Crippen LogP contribution >= 0.6 is 11.3 Å². The number of hydrogen-bond donors (Lipinski definition) is 2. The molecule has 2 aromatic heterocycles. The second-order valence-electron chi connectivity index (χ2n) is 4.18. The number of rotatable bonds is 3. The normalized spacial score (nSPS) is 12.2. The SMILES string of the molecule is CC(N)c1csc(NC(=O)c2ccn(C)c(=O)c2)n1. The lowest BCUT2D eigenvalue weighted by Gasteiger charge is -2.03. The topological polar surface area (TPSA) is 90.0 Å². The van der Waals surface area contributed by atoms with Crippen molar-refractivity contribution in [3.8, 4) is 0 Å². The van der Waals surface area contributed by atoms with E-state index in [1.807, 2.05) is 6.92 Å². The first kappa shape index (κ1) is 13.4. The molecule has 1 amide bonds. The van der Waals surface area contributed by atoms with Crippen LogP contribution in [0.25, 0.3) is 0 Å². The molecule has 19 heavy (non-hydrogen) atoms. The maximum absolute atomic E-state index is 11.9. The van der Waals surface area contributed by atoms with E-state index >= 15 is 0 Å². The number of hydrogen-bond acceptors (Lipinski definition) is 5. The zero-order valence-corrected chi connectivity index (χ0v) is 11.4. The first-order chi connectivity index (χ1) is 8.97. The molecule has 2 aromatic rings. The Labute approximate surface area is 113 Å². The van der Waals surface area contributed by atoms with Crippen LogP contribution < -0.4 is 16.6 Å². The molecule has 0 fully saturated rings. The van der Waals surface area contributed by atoms with E-state index in [1.165, 1.54) is 22.0 Å². The predicted octanol–water partition coefficient (Wildman–Crippen LogP) is 1.11. The average molecular weight is 278 g/mol. The van der Waals surface area contributed by atoms with Crippen molar-refractivity contribution in [3.63, 3.8) is 0 Å². The molecule has 0 saturated carbocycles. The van der Waals surface area contributed by atoms with E-state index in [-0.39, 0.29) is 17.5 Å². The fourth-order valence-electron chi connectivity index (χ4n) is 1.41. The number of pyridine rings is 1. The number of nitrogens with one attached hydrogen (secondary N) is 1. The lowest BCUT2D eigenvalue weighted by Crippen LogP contribution is -2.20. The summed E-state index contributed by atoms with van der Waals surface area (Å²) < 4.78 is 1.40. The predicted molar refractivity (Wildman–Crippen MR) is 74.4 cm³/mol. The zero-order valence-electron chi connectivity index (χ0n) is 10.6. The van der Waals surface area contributed by atoms with Crippen molar-refractivity contribution in [2.75, 3.05) is 5.32 Å². The average Bonchev–Trinajstić information content (AvgIpc) is 2.81. The van der Waals surface area contributed by atoms with Gasteiger partial charge in [-0.3, -0.25) is 14.9 Å². The van der Waals surface area contributed by atoms with Gasteiger partial charge in [0.25, 0.3) is 11.5 Å². The Bertz CT molecular complexity index is 660. The number of aromatic nitrogens is 2. The third kappa shape index (κ3) is 3.07. The number of anilines is 1. The highest BCUT2D eigenvalue weighted by Crippen LogP contribution is 2.19. The van der Waals surface area contributed by atoms with Crippen LogP contribution in [0.3, 0.4) is 0 Å². The van der Waals surface area contributed by atoms with Gasteiger partial charge in [-0.1, -0.05) is 0 Å². The maximum Gasteiger partial charge on any atom is 0.257 e. The summed E-state index contributed by atoms with van der Waals surface area (Å²) >= 11 is 1.30. The Balaban J connectivity index is 2.15. The quantitative estimate of drug-likeness (QED) is 0.880. The third-order valence-electron chi connectivity index (χ3n) is 2.58. The molecular weight excluding hydrogens is 264 g/mol. The zero-order chi connectivity index (χ0) is 14.0. The highest BCUT2D eigenvalue weighted by molar-refractivity contribution is 7.14. The molecule has 0 aliphatic carbocycles. The minimum Gasteiger partial charge on any atom is -0.323 e. The number of thiazole rings is 1. The minimum atomic E-state index is -0.358. The number of aryl methyl sites for hydroxylation is 1. The van der Waals surface area contributed by atoms with Crippen molar-refractivity contribution in [2.45, 2.75) is 13.0 Å². The summed E-state index contributed by atoms with van der Waals surface area (Å²) in [6.45, 7) is 1.82. The molecule has 2 heterocycles. The molecule has 0 bridgehead atoms. The third-order valence-corrected chi connectivity index (χ3v) is 3.35. The molecule has 7 heteroatoms. The van der Waals surface area contributed by atoms with Crippen LogP contribution in [0, 0.1) is 0 Å². The van der Waals surface area contributed by atoms with Crippen LogP contribution in [0.15, 0.2) is 28.5 Å². The van der Waals surface area contributed by atoms with Crippen LogP contribution in [0.4, 0.5) is 5.13 Å². The Morgan fingerprint density at radius 2 is 2.32 bits per heavy atom. The van der Waals surface area contributed by atoms with Gasteiger partial charge in [0.1, 0.15) is 0 Å². The Morgan fingerprint density at radius 3 is 2.89 bits per heavy atom. The van der Waals surface area contributed by atoms with Crippen molar-refractivity contribution < 1.29 is 4.79 Å². The lowest BCUT2D eigenvalue weighted by atomic mass is 10.2. The van der Waals surface area contributed by atoms with E-state index in [2.05, 4.69) is 10.3 Å². The lowest BCUT2D eigenvalue weighted by molar-refractivity contribution is 0.102.